The molecule has 6 heteroatoms. The fourth-order valence-corrected chi connectivity index (χ4v) is 2.70. The highest BCUT2D eigenvalue weighted by atomic mass is 32.1. The van der Waals surface area contributed by atoms with Crippen molar-refractivity contribution in [1.29, 1.82) is 0 Å². The molecule has 90 valence electrons. The van der Waals surface area contributed by atoms with E-state index in [-0.39, 0.29) is 11.4 Å². The van der Waals surface area contributed by atoms with Crippen LogP contribution in [0.1, 0.15) is 10.5 Å². The van der Waals surface area contributed by atoms with E-state index in [0.717, 1.165) is 10.3 Å². The number of carbonyl (C=O) groups is 1. The van der Waals surface area contributed by atoms with Crippen molar-refractivity contribution in [1.82, 2.24) is 4.98 Å². The monoisotopic (exact) mass is 260 g/mol. The molecule has 0 aliphatic carbocycles. The molecule has 0 saturated heterocycles. The van der Waals surface area contributed by atoms with Crippen LogP contribution < -0.4 is 5.73 Å². The Morgan fingerprint density at radius 2 is 2.28 bits per heavy atom. The van der Waals surface area contributed by atoms with Crippen LogP contribution in [-0.4, -0.2) is 16.0 Å². The van der Waals surface area contributed by atoms with Gasteiger partial charge in [0.05, 0.1) is 22.9 Å². The third-order valence-corrected chi connectivity index (χ3v) is 3.53. The van der Waals surface area contributed by atoms with Crippen molar-refractivity contribution in [3.8, 4) is 17.0 Å². The van der Waals surface area contributed by atoms with Crippen LogP contribution in [0.4, 0.5) is 0 Å². The van der Waals surface area contributed by atoms with Crippen LogP contribution in [-0.2, 0) is 0 Å². The highest BCUT2D eigenvalue weighted by Crippen LogP contribution is 2.37. The Hall–Kier alpha value is -2.34. The second kappa shape index (κ2) is 3.85. The number of nitrogens with two attached hydrogens (primary N) is 1. The highest BCUT2D eigenvalue weighted by molar-refractivity contribution is 7.17. The van der Waals surface area contributed by atoms with Gasteiger partial charge in [-0.2, -0.15) is 0 Å². The first-order chi connectivity index (χ1) is 8.68. The Kier molecular flexibility index (Phi) is 2.31. The minimum absolute atomic E-state index is 0.128. The average Bonchev–Trinajstić information content (AvgIpc) is 3.00. The third-order valence-electron chi connectivity index (χ3n) is 2.61. The number of fused-ring (bicyclic) bond motifs is 1. The number of furan rings is 1. The van der Waals surface area contributed by atoms with E-state index in [0.29, 0.717) is 11.1 Å². The van der Waals surface area contributed by atoms with E-state index in [1.165, 1.54) is 23.9 Å². The number of hydrogen-bond acceptors (Lipinski definition) is 5. The number of nitrogens with zero attached hydrogens (tertiary/aromatic N) is 1. The molecule has 3 aromatic rings. The maximum atomic E-state index is 11.3. The molecule has 0 radical (unpaired) electrons. The Morgan fingerprint density at radius 1 is 1.44 bits per heavy atom. The van der Waals surface area contributed by atoms with Crippen LogP contribution in [0.25, 0.3) is 21.3 Å². The number of aromatic hydroxyl groups is 1. The summed E-state index contributed by atoms with van der Waals surface area (Å²) in [5.41, 5.74) is 6.41. The van der Waals surface area contributed by atoms with E-state index in [4.69, 9.17) is 10.2 Å². The summed E-state index contributed by atoms with van der Waals surface area (Å²) in [5.74, 6) is -0.934. The molecule has 0 spiro atoms. The van der Waals surface area contributed by atoms with Crippen molar-refractivity contribution in [3.05, 3.63) is 35.7 Å². The molecule has 5 nitrogen and oxygen atoms in total. The molecule has 0 aromatic carbocycles. The number of rotatable bonds is 2. The van der Waals surface area contributed by atoms with Gasteiger partial charge >= 0.3 is 0 Å². The highest BCUT2D eigenvalue weighted by Gasteiger charge is 2.19. The van der Waals surface area contributed by atoms with Crippen LogP contribution in [0.2, 0.25) is 0 Å². The molecule has 0 atom stereocenters. The molecule has 0 bridgehead atoms. The second-order valence-electron chi connectivity index (χ2n) is 3.70. The number of thiophene rings is 1. The summed E-state index contributed by atoms with van der Waals surface area (Å²) >= 11 is 1.43. The van der Waals surface area contributed by atoms with Crippen molar-refractivity contribution in [2.45, 2.75) is 0 Å². The predicted octanol–water partition coefficient (Wildman–Crippen LogP) is 2.36. The van der Waals surface area contributed by atoms with E-state index in [1.807, 2.05) is 5.38 Å². The fourth-order valence-electron chi connectivity index (χ4n) is 1.79. The minimum atomic E-state index is -0.759. The largest absolute Gasteiger partial charge is 0.505 e. The molecule has 0 aliphatic heterocycles. The normalized spacial score (nSPS) is 10.9. The first-order valence-corrected chi connectivity index (χ1v) is 5.99. The van der Waals surface area contributed by atoms with Gasteiger partial charge in [-0.15, -0.1) is 11.3 Å². The fraction of sp³-hybridized carbons (Fsp3) is 0. The van der Waals surface area contributed by atoms with Crippen molar-refractivity contribution in [3.63, 3.8) is 0 Å². The molecule has 3 N–H and O–H groups in total. The summed E-state index contributed by atoms with van der Waals surface area (Å²) < 4.78 is 5.80. The van der Waals surface area contributed by atoms with Crippen LogP contribution in [0.15, 0.2) is 34.5 Å². The Labute approximate surface area is 105 Å². The van der Waals surface area contributed by atoms with Gasteiger partial charge in [-0.25, -0.2) is 4.98 Å². The van der Waals surface area contributed by atoms with Crippen LogP contribution in [0.3, 0.4) is 0 Å². The van der Waals surface area contributed by atoms with E-state index < -0.39 is 5.91 Å². The lowest BCUT2D eigenvalue weighted by atomic mass is 10.1. The zero-order valence-electron chi connectivity index (χ0n) is 9.08. The first kappa shape index (κ1) is 10.8. The van der Waals surface area contributed by atoms with Gasteiger partial charge in [-0.05, 0) is 17.5 Å². The molecular formula is C12H8N2O3S. The first-order valence-electron chi connectivity index (χ1n) is 5.11. The van der Waals surface area contributed by atoms with Gasteiger partial charge in [0.2, 0.25) is 0 Å². The van der Waals surface area contributed by atoms with Crippen LogP contribution in [0, 0.1) is 0 Å². The van der Waals surface area contributed by atoms with Gasteiger partial charge < -0.3 is 15.3 Å². The summed E-state index contributed by atoms with van der Waals surface area (Å²) in [6.45, 7) is 0. The SMILES string of the molecule is NC(=O)c1nc(-c2ccoc2)c2sccc2c1O. The summed E-state index contributed by atoms with van der Waals surface area (Å²) in [7, 11) is 0. The molecule has 3 aromatic heterocycles. The average molecular weight is 260 g/mol. The lowest BCUT2D eigenvalue weighted by Crippen LogP contribution is -2.13. The number of hydrogen-bond donors (Lipinski definition) is 2. The van der Waals surface area contributed by atoms with E-state index >= 15 is 0 Å². The van der Waals surface area contributed by atoms with Crippen molar-refractivity contribution in [2.75, 3.05) is 0 Å². The zero-order chi connectivity index (χ0) is 12.7. The summed E-state index contributed by atoms with van der Waals surface area (Å²) in [6.07, 6.45) is 3.05. The maximum absolute atomic E-state index is 11.3. The topological polar surface area (TPSA) is 89.4 Å². The minimum Gasteiger partial charge on any atom is -0.505 e. The smallest absolute Gasteiger partial charge is 0.271 e. The number of primary amides is 1. The number of carbonyl (C=O) groups excluding carboxylic acids is 1. The lowest BCUT2D eigenvalue weighted by Gasteiger charge is -2.05. The molecule has 3 heterocycles. The maximum Gasteiger partial charge on any atom is 0.271 e. The van der Waals surface area contributed by atoms with Crippen molar-refractivity contribution < 1.29 is 14.3 Å². The van der Waals surface area contributed by atoms with Gasteiger partial charge in [0.1, 0.15) is 0 Å². The van der Waals surface area contributed by atoms with Gasteiger partial charge in [-0.1, -0.05) is 0 Å². The number of aromatic nitrogens is 1. The summed E-state index contributed by atoms with van der Waals surface area (Å²) in [6, 6.07) is 3.47. The zero-order valence-corrected chi connectivity index (χ0v) is 9.90. The quantitative estimate of drug-likeness (QED) is 0.740. The Morgan fingerprint density at radius 3 is 2.94 bits per heavy atom. The molecule has 0 aliphatic rings. The standard InChI is InChI=1S/C12H8N2O3S/c13-12(16)9-10(15)7-2-4-18-11(7)8(14-9)6-1-3-17-5-6/h1-5,15H,(H2,13,16). The van der Waals surface area contributed by atoms with Gasteiger partial charge in [0.25, 0.3) is 5.91 Å². The van der Waals surface area contributed by atoms with Gasteiger partial charge in [0.15, 0.2) is 11.4 Å². The van der Waals surface area contributed by atoms with Gasteiger partial charge in [0, 0.05) is 10.9 Å². The van der Waals surface area contributed by atoms with Crippen molar-refractivity contribution >= 4 is 27.3 Å². The summed E-state index contributed by atoms with van der Waals surface area (Å²) in [5, 5.41) is 12.3. The predicted molar refractivity (Wildman–Crippen MR) is 67.5 cm³/mol. The molecule has 0 saturated carbocycles. The molecular weight excluding hydrogens is 252 g/mol. The van der Waals surface area contributed by atoms with Crippen molar-refractivity contribution in [2.24, 2.45) is 5.73 Å². The van der Waals surface area contributed by atoms with Gasteiger partial charge in [-0.3, -0.25) is 4.79 Å². The Bertz CT molecular complexity index is 731. The molecule has 1 amide bonds. The van der Waals surface area contributed by atoms with E-state index in [9.17, 15) is 9.90 Å². The molecule has 18 heavy (non-hydrogen) atoms. The lowest BCUT2D eigenvalue weighted by molar-refractivity contribution is 0.0993. The summed E-state index contributed by atoms with van der Waals surface area (Å²) in [4.78, 5) is 15.4. The Balaban J connectivity index is 2.41. The van der Waals surface area contributed by atoms with Crippen LogP contribution >= 0.6 is 11.3 Å². The number of amides is 1. The van der Waals surface area contributed by atoms with E-state index in [2.05, 4.69) is 4.98 Å². The molecule has 0 fully saturated rings. The molecule has 0 unspecified atom stereocenters. The third kappa shape index (κ3) is 1.46. The van der Waals surface area contributed by atoms with E-state index in [1.54, 1.807) is 12.1 Å². The second-order valence-corrected chi connectivity index (χ2v) is 4.61. The molecule has 3 rings (SSSR count). The van der Waals surface area contributed by atoms with Crippen LogP contribution in [0.5, 0.6) is 5.75 Å². The number of pyridine rings is 1.